The number of pyridine rings is 1. The summed E-state index contributed by atoms with van der Waals surface area (Å²) in [5.74, 6) is 0.122. The Kier molecular flexibility index (Phi) is 4.10. The standard InChI is InChI=1S/C20H17NO/c1-15(22)13-20-18(12-11-16-7-3-2-4-8-16)14-17-9-5-6-10-19(17)21-20/h2-12,14H,13H2,1H3. The molecule has 0 saturated carbocycles. The zero-order valence-corrected chi connectivity index (χ0v) is 12.5. The Morgan fingerprint density at radius 2 is 1.73 bits per heavy atom. The van der Waals surface area contributed by atoms with Crippen LogP contribution >= 0.6 is 0 Å². The van der Waals surface area contributed by atoms with Crippen molar-refractivity contribution in [3.63, 3.8) is 0 Å². The number of fused-ring (bicyclic) bond motifs is 1. The highest BCUT2D eigenvalue weighted by Gasteiger charge is 2.07. The molecular formula is C20H17NO. The van der Waals surface area contributed by atoms with E-state index in [0.29, 0.717) is 6.42 Å². The van der Waals surface area contributed by atoms with Gasteiger partial charge in [-0.1, -0.05) is 60.7 Å². The van der Waals surface area contributed by atoms with Crippen LogP contribution < -0.4 is 0 Å². The molecule has 0 atom stereocenters. The highest BCUT2D eigenvalue weighted by atomic mass is 16.1. The van der Waals surface area contributed by atoms with Gasteiger partial charge in [0, 0.05) is 11.8 Å². The third-order valence-corrected chi connectivity index (χ3v) is 3.51. The van der Waals surface area contributed by atoms with Crippen LogP contribution in [0.2, 0.25) is 0 Å². The summed E-state index contributed by atoms with van der Waals surface area (Å²) in [5.41, 5.74) is 3.89. The zero-order chi connectivity index (χ0) is 15.4. The molecule has 2 heteroatoms. The average Bonchev–Trinajstić information content (AvgIpc) is 2.53. The molecule has 2 nitrogen and oxygen atoms in total. The minimum atomic E-state index is 0.122. The molecule has 0 amide bonds. The van der Waals surface area contributed by atoms with Crippen molar-refractivity contribution in [2.75, 3.05) is 0 Å². The van der Waals surface area contributed by atoms with E-state index in [1.807, 2.05) is 48.5 Å². The van der Waals surface area contributed by atoms with Crippen molar-refractivity contribution in [1.82, 2.24) is 4.98 Å². The molecule has 0 radical (unpaired) electrons. The Balaban J connectivity index is 2.05. The van der Waals surface area contributed by atoms with Crippen molar-refractivity contribution in [3.8, 4) is 0 Å². The second kappa shape index (κ2) is 6.35. The summed E-state index contributed by atoms with van der Waals surface area (Å²) in [6.07, 6.45) is 4.45. The van der Waals surface area contributed by atoms with Crippen LogP contribution in [-0.2, 0) is 11.2 Å². The van der Waals surface area contributed by atoms with E-state index < -0.39 is 0 Å². The van der Waals surface area contributed by atoms with Crippen LogP contribution in [0.4, 0.5) is 0 Å². The summed E-state index contributed by atoms with van der Waals surface area (Å²) >= 11 is 0. The van der Waals surface area contributed by atoms with Gasteiger partial charge in [-0.25, -0.2) is 0 Å². The third kappa shape index (κ3) is 3.29. The van der Waals surface area contributed by atoms with Gasteiger partial charge in [0.15, 0.2) is 0 Å². The van der Waals surface area contributed by atoms with E-state index in [4.69, 9.17) is 0 Å². The van der Waals surface area contributed by atoms with E-state index in [0.717, 1.165) is 27.7 Å². The van der Waals surface area contributed by atoms with Crippen LogP contribution in [0.25, 0.3) is 23.1 Å². The number of nitrogens with zero attached hydrogens (tertiary/aromatic N) is 1. The lowest BCUT2D eigenvalue weighted by Crippen LogP contribution is -2.02. The molecule has 22 heavy (non-hydrogen) atoms. The van der Waals surface area contributed by atoms with Gasteiger partial charge in [0.2, 0.25) is 0 Å². The van der Waals surface area contributed by atoms with Gasteiger partial charge in [0.05, 0.1) is 11.2 Å². The molecule has 0 saturated heterocycles. The fraction of sp³-hybridized carbons (Fsp3) is 0.100. The minimum absolute atomic E-state index is 0.122. The lowest BCUT2D eigenvalue weighted by molar-refractivity contribution is -0.116. The molecule has 108 valence electrons. The molecule has 2 aromatic carbocycles. The molecule has 1 aromatic heterocycles. The first-order valence-electron chi connectivity index (χ1n) is 7.33. The number of Topliss-reactive ketones (excluding diaryl/α,β-unsaturated/α-hetero) is 1. The van der Waals surface area contributed by atoms with E-state index in [1.165, 1.54) is 0 Å². The van der Waals surface area contributed by atoms with Crippen LogP contribution in [0.1, 0.15) is 23.7 Å². The quantitative estimate of drug-likeness (QED) is 0.705. The van der Waals surface area contributed by atoms with Gasteiger partial charge in [0.1, 0.15) is 5.78 Å². The third-order valence-electron chi connectivity index (χ3n) is 3.51. The maximum absolute atomic E-state index is 11.5. The Labute approximate surface area is 130 Å². The number of ketones is 1. The molecule has 0 spiro atoms. The molecule has 3 aromatic rings. The SMILES string of the molecule is CC(=O)Cc1nc2ccccc2cc1C=Cc1ccccc1. The number of aromatic nitrogens is 1. The van der Waals surface area contributed by atoms with E-state index in [2.05, 4.69) is 29.3 Å². The summed E-state index contributed by atoms with van der Waals surface area (Å²) < 4.78 is 0. The van der Waals surface area contributed by atoms with E-state index >= 15 is 0 Å². The number of para-hydroxylation sites is 1. The van der Waals surface area contributed by atoms with Crippen molar-refractivity contribution in [2.24, 2.45) is 0 Å². The number of benzene rings is 2. The predicted octanol–water partition coefficient (Wildman–Crippen LogP) is 4.54. The average molecular weight is 287 g/mol. The predicted molar refractivity (Wildman–Crippen MR) is 91.5 cm³/mol. The number of carbonyl (C=O) groups excluding carboxylic acids is 1. The summed E-state index contributed by atoms with van der Waals surface area (Å²) in [6, 6.07) is 20.2. The van der Waals surface area contributed by atoms with Gasteiger partial charge in [-0.15, -0.1) is 0 Å². The first-order valence-corrected chi connectivity index (χ1v) is 7.33. The van der Waals surface area contributed by atoms with Gasteiger partial charge in [0.25, 0.3) is 0 Å². The van der Waals surface area contributed by atoms with Gasteiger partial charge in [-0.05, 0) is 30.2 Å². The maximum Gasteiger partial charge on any atom is 0.135 e. The second-order valence-corrected chi connectivity index (χ2v) is 5.34. The minimum Gasteiger partial charge on any atom is -0.300 e. The van der Waals surface area contributed by atoms with Crippen molar-refractivity contribution >= 4 is 28.8 Å². The van der Waals surface area contributed by atoms with Gasteiger partial charge in [-0.2, -0.15) is 0 Å². The van der Waals surface area contributed by atoms with Crippen molar-refractivity contribution in [3.05, 3.63) is 77.5 Å². The summed E-state index contributed by atoms with van der Waals surface area (Å²) in [4.78, 5) is 16.2. The molecule has 0 bridgehead atoms. The number of hydrogen-bond donors (Lipinski definition) is 0. The van der Waals surface area contributed by atoms with E-state index in [1.54, 1.807) is 6.92 Å². The van der Waals surface area contributed by atoms with Crippen LogP contribution in [-0.4, -0.2) is 10.8 Å². The highest BCUT2D eigenvalue weighted by molar-refractivity contribution is 5.86. The molecule has 0 aliphatic carbocycles. The lowest BCUT2D eigenvalue weighted by atomic mass is 10.0. The number of carbonyl (C=O) groups is 1. The topological polar surface area (TPSA) is 30.0 Å². The van der Waals surface area contributed by atoms with Crippen LogP contribution in [0.15, 0.2) is 60.7 Å². The highest BCUT2D eigenvalue weighted by Crippen LogP contribution is 2.19. The first kappa shape index (κ1) is 14.2. The largest absolute Gasteiger partial charge is 0.300 e. The summed E-state index contributed by atoms with van der Waals surface area (Å²) in [6.45, 7) is 1.60. The fourth-order valence-electron chi connectivity index (χ4n) is 2.44. The van der Waals surface area contributed by atoms with Crippen molar-refractivity contribution in [1.29, 1.82) is 0 Å². The number of hydrogen-bond acceptors (Lipinski definition) is 2. The molecule has 0 aliphatic rings. The molecule has 0 aliphatic heterocycles. The first-order chi connectivity index (χ1) is 10.7. The molecule has 0 unspecified atom stereocenters. The van der Waals surface area contributed by atoms with Crippen LogP contribution in [0.5, 0.6) is 0 Å². The van der Waals surface area contributed by atoms with Gasteiger partial charge in [-0.3, -0.25) is 9.78 Å². The Morgan fingerprint density at radius 3 is 2.50 bits per heavy atom. The lowest BCUT2D eigenvalue weighted by Gasteiger charge is -2.06. The molecule has 0 fully saturated rings. The molecular weight excluding hydrogens is 270 g/mol. The van der Waals surface area contributed by atoms with E-state index in [9.17, 15) is 4.79 Å². The fourth-order valence-corrected chi connectivity index (χ4v) is 2.44. The van der Waals surface area contributed by atoms with Crippen molar-refractivity contribution in [2.45, 2.75) is 13.3 Å². The van der Waals surface area contributed by atoms with E-state index in [-0.39, 0.29) is 5.78 Å². The summed E-state index contributed by atoms with van der Waals surface area (Å²) in [5, 5.41) is 1.09. The normalized spacial score (nSPS) is 11.1. The summed E-state index contributed by atoms with van der Waals surface area (Å²) in [7, 11) is 0. The second-order valence-electron chi connectivity index (χ2n) is 5.34. The Hall–Kier alpha value is -2.74. The van der Waals surface area contributed by atoms with Crippen molar-refractivity contribution < 1.29 is 4.79 Å². The molecule has 1 heterocycles. The maximum atomic E-state index is 11.5. The van der Waals surface area contributed by atoms with Gasteiger partial charge >= 0.3 is 0 Å². The molecule has 3 rings (SSSR count). The molecule has 0 N–H and O–H groups in total. The Morgan fingerprint density at radius 1 is 1.00 bits per heavy atom. The Bertz CT molecular complexity index is 835. The monoisotopic (exact) mass is 287 g/mol. The zero-order valence-electron chi connectivity index (χ0n) is 12.5. The smallest absolute Gasteiger partial charge is 0.135 e. The number of rotatable bonds is 4. The van der Waals surface area contributed by atoms with Crippen LogP contribution in [0.3, 0.4) is 0 Å². The van der Waals surface area contributed by atoms with Gasteiger partial charge < -0.3 is 0 Å². The van der Waals surface area contributed by atoms with Crippen LogP contribution in [0, 0.1) is 0 Å².